The Hall–Kier alpha value is -1.91. The number of likely N-dealkylation sites (N-methyl/N-ethyl adjacent to an activating group) is 1. The number of halogens is 1. The van der Waals surface area contributed by atoms with Crippen LogP contribution in [0.5, 0.6) is 5.75 Å². The third-order valence-corrected chi connectivity index (χ3v) is 3.09. The van der Waals surface area contributed by atoms with Crippen molar-refractivity contribution in [2.75, 3.05) is 13.2 Å². The second-order valence-corrected chi connectivity index (χ2v) is 4.51. The number of hydrogen-bond acceptors (Lipinski definition) is 3. The van der Waals surface area contributed by atoms with E-state index < -0.39 is 5.82 Å². The van der Waals surface area contributed by atoms with Crippen LogP contribution in [0.2, 0.25) is 0 Å². The molecule has 1 aromatic rings. The maximum absolute atomic E-state index is 13.5. The van der Waals surface area contributed by atoms with Crippen LogP contribution in [-0.2, 0) is 4.79 Å². The summed E-state index contributed by atoms with van der Waals surface area (Å²) in [7, 11) is 0. The van der Waals surface area contributed by atoms with E-state index in [1.165, 1.54) is 12.1 Å². The van der Waals surface area contributed by atoms with Gasteiger partial charge in [0.15, 0.2) is 18.2 Å². The summed E-state index contributed by atoms with van der Waals surface area (Å²) in [6.07, 6.45) is 2.62. The number of rotatable bonds is 6. The lowest BCUT2D eigenvalue weighted by Crippen LogP contribution is -2.36. The minimum absolute atomic E-state index is 0.00852. The fraction of sp³-hybridized carbons (Fsp3) is 0.429. The number of benzene rings is 1. The van der Waals surface area contributed by atoms with Crippen LogP contribution in [0.1, 0.15) is 30.1 Å². The van der Waals surface area contributed by atoms with E-state index >= 15 is 0 Å². The van der Waals surface area contributed by atoms with E-state index in [1.807, 2.05) is 6.92 Å². The highest BCUT2D eigenvalue weighted by molar-refractivity contribution is 5.78. The van der Waals surface area contributed by atoms with Gasteiger partial charge >= 0.3 is 0 Å². The van der Waals surface area contributed by atoms with Crippen molar-refractivity contribution in [1.29, 1.82) is 0 Å². The summed E-state index contributed by atoms with van der Waals surface area (Å²) in [6.45, 7) is 2.37. The van der Waals surface area contributed by atoms with E-state index in [0.717, 1.165) is 18.9 Å². The van der Waals surface area contributed by atoms with Crippen LogP contribution in [0, 0.1) is 5.82 Å². The number of ether oxygens (including phenoxy) is 1. The SMILES string of the molecule is CCN(C(=O)COc1ccc(C=O)cc1F)C1CC1. The Bertz CT molecular complexity index is 486. The van der Waals surface area contributed by atoms with E-state index in [1.54, 1.807) is 4.90 Å². The molecule has 1 aromatic carbocycles. The fourth-order valence-electron chi connectivity index (χ4n) is 1.95. The Labute approximate surface area is 111 Å². The van der Waals surface area contributed by atoms with Crippen molar-refractivity contribution in [2.24, 2.45) is 0 Å². The van der Waals surface area contributed by atoms with E-state index in [9.17, 15) is 14.0 Å². The average molecular weight is 265 g/mol. The van der Waals surface area contributed by atoms with Gasteiger partial charge in [-0.2, -0.15) is 0 Å². The third kappa shape index (κ3) is 3.30. The molecule has 4 nitrogen and oxygen atoms in total. The fourth-order valence-corrected chi connectivity index (χ4v) is 1.95. The summed E-state index contributed by atoms with van der Waals surface area (Å²) in [4.78, 5) is 24.1. The van der Waals surface area contributed by atoms with Gasteiger partial charge in [0.05, 0.1) is 0 Å². The number of aldehydes is 1. The highest BCUT2D eigenvalue weighted by Gasteiger charge is 2.31. The molecule has 0 saturated heterocycles. The summed E-state index contributed by atoms with van der Waals surface area (Å²) in [5.41, 5.74) is 0.240. The van der Waals surface area contributed by atoms with Crippen molar-refractivity contribution in [3.8, 4) is 5.75 Å². The topological polar surface area (TPSA) is 46.6 Å². The first-order valence-corrected chi connectivity index (χ1v) is 6.32. The Morgan fingerprint density at radius 2 is 2.26 bits per heavy atom. The molecule has 19 heavy (non-hydrogen) atoms. The van der Waals surface area contributed by atoms with E-state index in [4.69, 9.17) is 4.74 Å². The quantitative estimate of drug-likeness (QED) is 0.739. The first-order chi connectivity index (χ1) is 9.15. The Balaban J connectivity index is 1.94. The maximum Gasteiger partial charge on any atom is 0.260 e. The Morgan fingerprint density at radius 3 is 2.79 bits per heavy atom. The van der Waals surface area contributed by atoms with Crippen LogP contribution in [0.4, 0.5) is 4.39 Å². The number of amides is 1. The molecule has 0 aliphatic heterocycles. The van der Waals surface area contributed by atoms with Crippen molar-refractivity contribution >= 4 is 12.2 Å². The summed E-state index contributed by atoms with van der Waals surface area (Å²) >= 11 is 0. The van der Waals surface area contributed by atoms with E-state index in [0.29, 0.717) is 18.9 Å². The average Bonchev–Trinajstić information content (AvgIpc) is 3.22. The lowest BCUT2D eigenvalue weighted by atomic mass is 10.2. The molecule has 1 saturated carbocycles. The van der Waals surface area contributed by atoms with Crippen molar-refractivity contribution in [1.82, 2.24) is 4.90 Å². The molecule has 0 aromatic heterocycles. The van der Waals surface area contributed by atoms with Crippen LogP contribution in [0.25, 0.3) is 0 Å². The molecule has 0 unspecified atom stereocenters. The van der Waals surface area contributed by atoms with Crippen LogP contribution in [-0.4, -0.2) is 36.3 Å². The molecule has 102 valence electrons. The molecule has 1 fully saturated rings. The minimum Gasteiger partial charge on any atom is -0.481 e. The van der Waals surface area contributed by atoms with Gasteiger partial charge < -0.3 is 9.64 Å². The van der Waals surface area contributed by atoms with Crippen molar-refractivity contribution < 1.29 is 18.7 Å². The smallest absolute Gasteiger partial charge is 0.260 e. The Morgan fingerprint density at radius 1 is 1.53 bits per heavy atom. The number of carbonyl (C=O) groups excluding carboxylic acids is 2. The molecule has 0 bridgehead atoms. The largest absolute Gasteiger partial charge is 0.481 e. The standard InChI is InChI=1S/C14H16FNO3/c1-2-16(11-4-5-11)14(18)9-19-13-6-3-10(8-17)7-12(13)15/h3,6-8,11H,2,4-5,9H2,1H3. The predicted molar refractivity (Wildman–Crippen MR) is 67.7 cm³/mol. The van der Waals surface area contributed by atoms with Gasteiger partial charge in [-0.25, -0.2) is 4.39 Å². The molecule has 0 spiro atoms. The maximum atomic E-state index is 13.5. The van der Waals surface area contributed by atoms with Gasteiger partial charge in [-0.1, -0.05) is 0 Å². The normalized spacial score (nSPS) is 14.0. The molecule has 0 heterocycles. The molecule has 2 rings (SSSR count). The van der Waals surface area contributed by atoms with Crippen molar-refractivity contribution in [3.63, 3.8) is 0 Å². The molecular formula is C14H16FNO3. The highest BCUT2D eigenvalue weighted by atomic mass is 19.1. The zero-order chi connectivity index (χ0) is 13.8. The lowest BCUT2D eigenvalue weighted by Gasteiger charge is -2.20. The summed E-state index contributed by atoms with van der Waals surface area (Å²) in [5.74, 6) is -0.776. The zero-order valence-electron chi connectivity index (χ0n) is 10.8. The molecular weight excluding hydrogens is 249 g/mol. The second-order valence-electron chi connectivity index (χ2n) is 4.51. The molecule has 0 radical (unpaired) electrons. The Kier molecular flexibility index (Phi) is 4.14. The zero-order valence-corrected chi connectivity index (χ0v) is 10.8. The van der Waals surface area contributed by atoms with Crippen LogP contribution in [0.15, 0.2) is 18.2 Å². The first-order valence-electron chi connectivity index (χ1n) is 6.32. The van der Waals surface area contributed by atoms with E-state index in [-0.39, 0.29) is 23.8 Å². The molecule has 5 heteroatoms. The van der Waals surface area contributed by atoms with Crippen LogP contribution >= 0.6 is 0 Å². The number of hydrogen-bond donors (Lipinski definition) is 0. The third-order valence-electron chi connectivity index (χ3n) is 3.09. The summed E-state index contributed by atoms with van der Waals surface area (Å²) in [5, 5.41) is 0. The number of carbonyl (C=O) groups is 2. The molecule has 1 amide bonds. The lowest BCUT2D eigenvalue weighted by molar-refractivity contribution is -0.133. The summed E-state index contributed by atoms with van der Waals surface area (Å²) < 4.78 is 18.7. The van der Waals surface area contributed by atoms with Gasteiger partial charge in [-0.05, 0) is 38.0 Å². The summed E-state index contributed by atoms with van der Waals surface area (Å²) in [6, 6.07) is 4.22. The predicted octanol–water partition coefficient (Wildman–Crippen LogP) is 2.03. The molecule has 1 aliphatic carbocycles. The molecule has 1 aliphatic rings. The van der Waals surface area contributed by atoms with Crippen LogP contribution < -0.4 is 4.74 Å². The minimum atomic E-state index is -0.633. The van der Waals surface area contributed by atoms with Gasteiger partial charge in [-0.15, -0.1) is 0 Å². The van der Waals surface area contributed by atoms with Gasteiger partial charge in [0, 0.05) is 18.2 Å². The van der Waals surface area contributed by atoms with Crippen molar-refractivity contribution in [3.05, 3.63) is 29.6 Å². The second kappa shape index (κ2) is 5.82. The van der Waals surface area contributed by atoms with Gasteiger partial charge in [0.1, 0.15) is 6.29 Å². The van der Waals surface area contributed by atoms with Gasteiger partial charge in [0.2, 0.25) is 0 Å². The number of nitrogens with zero attached hydrogens (tertiary/aromatic N) is 1. The highest BCUT2D eigenvalue weighted by Crippen LogP contribution is 2.26. The van der Waals surface area contributed by atoms with Gasteiger partial charge in [-0.3, -0.25) is 9.59 Å². The van der Waals surface area contributed by atoms with Crippen molar-refractivity contribution in [2.45, 2.75) is 25.8 Å². The van der Waals surface area contributed by atoms with Crippen LogP contribution in [0.3, 0.4) is 0 Å². The van der Waals surface area contributed by atoms with E-state index in [2.05, 4.69) is 0 Å². The first kappa shape index (κ1) is 13.5. The monoisotopic (exact) mass is 265 g/mol. The molecule has 0 N–H and O–H groups in total. The van der Waals surface area contributed by atoms with Gasteiger partial charge in [0.25, 0.3) is 5.91 Å². The molecule has 0 atom stereocenters.